The lowest BCUT2D eigenvalue weighted by Crippen LogP contribution is -2.58. The summed E-state index contributed by atoms with van der Waals surface area (Å²) in [5, 5.41) is 6.60. The molecule has 5 nitrogen and oxygen atoms in total. The molecule has 2 aromatic rings. The molecule has 0 bridgehead atoms. The Hall–Kier alpha value is -2.27. The highest BCUT2D eigenvalue weighted by Gasteiger charge is 2.44. The number of para-hydroxylation sites is 2. The van der Waals surface area contributed by atoms with Crippen LogP contribution in [0.25, 0.3) is 0 Å². The van der Waals surface area contributed by atoms with Crippen molar-refractivity contribution in [2.24, 2.45) is 0 Å². The van der Waals surface area contributed by atoms with Crippen molar-refractivity contribution in [3.05, 3.63) is 47.9 Å². The monoisotopic (exact) mass is 353 g/mol. The van der Waals surface area contributed by atoms with Gasteiger partial charge in [-0.15, -0.1) is 0 Å². The van der Waals surface area contributed by atoms with E-state index in [0.29, 0.717) is 5.92 Å². The third-order valence-electron chi connectivity index (χ3n) is 5.82. The van der Waals surface area contributed by atoms with Gasteiger partial charge in [-0.25, -0.2) is 0 Å². The minimum Gasteiger partial charge on any atom is -0.466 e. The number of likely N-dealkylation sites (tertiary alicyclic amines) is 1. The molecule has 1 amide bonds. The number of aryl methyl sites for hydroxylation is 1. The second-order valence-corrected chi connectivity index (χ2v) is 7.69. The van der Waals surface area contributed by atoms with Crippen molar-refractivity contribution in [1.29, 1.82) is 0 Å². The van der Waals surface area contributed by atoms with Crippen LogP contribution in [0.4, 0.5) is 11.4 Å². The lowest BCUT2D eigenvalue weighted by Gasteiger charge is -2.44. The van der Waals surface area contributed by atoms with Crippen LogP contribution in [-0.4, -0.2) is 36.0 Å². The summed E-state index contributed by atoms with van der Waals surface area (Å²) in [6.45, 7) is 7.12. The van der Waals surface area contributed by atoms with Crippen molar-refractivity contribution in [3.8, 4) is 0 Å². The summed E-state index contributed by atoms with van der Waals surface area (Å²) < 4.78 is 5.74. The standard InChI is InChI=1S/C21H27N3O2/c1-15(19-8-7-16(2)26-19)9-12-24-13-10-21(11-14-24)20(25)22-17-5-3-4-6-18(17)23-21/h3-8,15,23H,9-14H2,1-2H3,(H,22,25)/t15-/m1/s1. The molecule has 3 heterocycles. The summed E-state index contributed by atoms with van der Waals surface area (Å²) in [5.74, 6) is 2.57. The smallest absolute Gasteiger partial charge is 0.250 e. The van der Waals surface area contributed by atoms with E-state index in [1.165, 1.54) is 0 Å². The average molecular weight is 353 g/mol. The number of carbonyl (C=O) groups excluding carboxylic acids is 1. The van der Waals surface area contributed by atoms with Gasteiger partial charge in [0.25, 0.3) is 0 Å². The quantitative estimate of drug-likeness (QED) is 0.873. The number of hydrogen-bond acceptors (Lipinski definition) is 4. The number of hydrogen-bond donors (Lipinski definition) is 2. The molecule has 138 valence electrons. The molecule has 1 aromatic heterocycles. The van der Waals surface area contributed by atoms with Gasteiger partial charge in [-0.1, -0.05) is 19.1 Å². The molecule has 2 N–H and O–H groups in total. The topological polar surface area (TPSA) is 57.5 Å². The van der Waals surface area contributed by atoms with Crippen LogP contribution >= 0.6 is 0 Å². The summed E-state index contributed by atoms with van der Waals surface area (Å²) in [4.78, 5) is 15.2. The van der Waals surface area contributed by atoms with Crippen molar-refractivity contribution in [3.63, 3.8) is 0 Å². The minimum atomic E-state index is -0.464. The molecule has 0 aliphatic carbocycles. The van der Waals surface area contributed by atoms with E-state index in [-0.39, 0.29) is 5.91 Å². The maximum absolute atomic E-state index is 12.7. The van der Waals surface area contributed by atoms with Crippen LogP contribution in [0.5, 0.6) is 0 Å². The van der Waals surface area contributed by atoms with Gasteiger partial charge in [-0.3, -0.25) is 4.79 Å². The fourth-order valence-corrected chi connectivity index (χ4v) is 4.00. The first-order valence-electron chi connectivity index (χ1n) is 9.53. The van der Waals surface area contributed by atoms with Crippen LogP contribution in [0.3, 0.4) is 0 Å². The number of piperidine rings is 1. The van der Waals surface area contributed by atoms with Gasteiger partial charge in [0, 0.05) is 19.0 Å². The number of fused-ring (bicyclic) bond motifs is 1. The van der Waals surface area contributed by atoms with Crippen LogP contribution in [0, 0.1) is 6.92 Å². The number of rotatable bonds is 4. The number of nitrogens with one attached hydrogen (secondary N) is 2. The predicted molar refractivity (Wildman–Crippen MR) is 104 cm³/mol. The molecule has 0 unspecified atom stereocenters. The number of nitrogens with zero attached hydrogens (tertiary/aromatic N) is 1. The molecule has 1 saturated heterocycles. The Kier molecular flexibility index (Phi) is 4.49. The van der Waals surface area contributed by atoms with Crippen molar-refractivity contribution < 1.29 is 9.21 Å². The lowest BCUT2D eigenvalue weighted by molar-refractivity contribution is -0.122. The Balaban J connectivity index is 1.33. The van der Waals surface area contributed by atoms with Gasteiger partial charge in [0.05, 0.1) is 11.4 Å². The molecule has 1 spiro atoms. The van der Waals surface area contributed by atoms with Gasteiger partial charge in [-0.2, -0.15) is 0 Å². The second kappa shape index (κ2) is 6.80. The van der Waals surface area contributed by atoms with Crippen LogP contribution in [-0.2, 0) is 4.79 Å². The summed E-state index contributed by atoms with van der Waals surface area (Å²) >= 11 is 0. The highest BCUT2D eigenvalue weighted by molar-refractivity contribution is 6.06. The van der Waals surface area contributed by atoms with Crippen molar-refractivity contribution in [1.82, 2.24) is 4.90 Å². The highest BCUT2D eigenvalue weighted by Crippen LogP contribution is 2.36. The zero-order chi connectivity index (χ0) is 18.1. The van der Waals surface area contributed by atoms with E-state index in [2.05, 4.69) is 28.5 Å². The molecular weight excluding hydrogens is 326 g/mol. The first-order chi connectivity index (χ1) is 12.6. The Labute approximate surface area is 154 Å². The number of furan rings is 1. The van der Waals surface area contributed by atoms with Crippen molar-refractivity contribution >= 4 is 17.3 Å². The molecule has 4 rings (SSSR count). The molecule has 2 aliphatic heterocycles. The van der Waals surface area contributed by atoms with Crippen molar-refractivity contribution in [2.75, 3.05) is 30.3 Å². The van der Waals surface area contributed by atoms with E-state index in [9.17, 15) is 4.79 Å². The molecule has 5 heteroatoms. The number of amides is 1. The van der Waals surface area contributed by atoms with E-state index < -0.39 is 5.54 Å². The molecule has 1 fully saturated rings. The normalized spacial score (nSPS) is 20.3. The SMILES string of the molecule is Cc1ccc([C@H](C)CCN2CCC3(CC2)Nc2ccccc2NC3=O)o1. The van der Waals surface area contributed by atoms with Crippen LogP contribution < -0.4 is 10.6 Å². The van der Waals surface area contributed by atoms with E-state index in [4.69, 9.17) is 4.42 Å². The zero-order valence-electron chi connectivity index (χ0n) is 15.5. The predicted octanol–water partition coefficient (Wildman–Crippen LogP) is 3.98. The largest absolute Gasteiger partial charge is 0.466 e. The maximum Gasteiger partial charge on any atom is 0.250 e. The third-order valence-corrected chi connectivity index (χ3v) is 5.82. The maximum atomic E-state index is 12.7. The first kappa shape index (κ1) is 17.2. The third kappa shape index (κ3) is 3.23. The van der Waals surface area contributed by atoms with Gasteiger partial charge >= 0.3 is 0 Å². The average Bonchev–Trinajstić information content (AvgIpc) is 3.08. The fourth-order valence-electron chi connectivity index (χ4n) is 4.00. The van der Waals surface area contributed by atoms with Crippen LogP contribution in [0.15, 0.2) is 40.8 Å². The minimum absolute atomic E-state index is 0.107. The Morgan fingerprint density at radius 3 is 2.58 bits per heavy atom. The molecule has 26 heavy (non-hydrogen) atoms. The molecule has 1 aromatic carbocycles. The fraction of sp³-hybridized carbons (Fsp3) is 0.476. The van der Waals surface area contributed by atoms with Gasteiger partial charge in [0.1, 0.15) is 17.1 Å². The van der Waals surface area contributed by atoms with E-state index in [1.807, 2.05) is 37.3 Å². The highest BCUT2D eigenvalue weighted by atomic mass is 16.3. The molecule has 0 saturated carbocycles. The summed E-state index contributed by atoms with van der Waals surface area (Å²) in [5.41, 5.74) is 1.45. The summed E-state index contributed by atoms with van der Waals surface area (Å²) in [6.07, 6.45) is 2.74. The van der Waals surface area contributed by atoms with Crippen LogP contribution in [0.2, 0.25) is 0 Å². The molecular formula is C21H27N3O2. The number of anilines is 2. The summed E-state index contributed by atoms with van der Waals surface area (Å²) in [6, 6.07) is 12.0. The summed E-state index contributed by atoms with van der Waals surface area (Å²) in [7, 11) is 0. The molecule has 2 aliphatic rings. The Morgan fingerprint density at radius 2 is 1.88 bits per heavy atom. The van der Waals surface area contributed by atoms with Crippen LogP contribution in [0.1, 0.15) is 43.6 Å². The second-order valence-electron chi connectivity index (χ2n) is 7.69. The van der Waals surface area contributed by atoms with Crippen molar-refractivity contribution in [2.45, 2.75) is 44.6 Å². The number of carbonyl (C=O) groups is 1. The molecule has 0 radical (unpaired) electrons. The van der Waals surface area contributed by atoms with E-state index in [1.54, 1.807) is 0 Å². The Bertz CT molecular complexity index is 790. The molecule has 1 atom stereocenters. The first-order valence-corrected chi connectivity index (χ1v) is 9.53. The Morgan fingerprint density at radius 1 is 1.15 bits per heavy atom. The van der Waals surface area contributed by atoms with Gasteiger partial charge in [0.15, 0.2) is 0 Å². The van der Waals surface area contributed by atoms with Gasteiger partial charge in [-0.05, 0) is 57.0 Å². The van der Waals surface area contributed by atoms with Gasteiger partial charge in [0.2, 0.25) is 5.91 Å². The zero-order valence-corrected chi connectivity index (χ0v) is 15.5. The lowest BCUT2D eigenvalue weighted by atomic mass is 9.84. The number of benzene rings is 1. The van der Waals surface area contributed by atoms with Gasteiger partial charge < -0.3 is 20.0 Å². The van der Waals surface area contributed by atoms with E-state index in [0.717, 1.165) is 61.8 Å². The van der Waals surface area contributed by atoms with E-state index >= 15 is 0 Å².